The van der Waals surface area contributed by atoms with Crippen molar-refractivity contribution in [3.8, 4) is 23.0 Å². The number of anilines is 4. The lowest BCUT2D eigenvalue weighted by molar-refractivity contribution is -0.288. The first kappa shape index (κ1) is 42.2. The number of imide groups is 2. The van der Waals surface area contributed by atoms with E-state index in [2.05, 4.69) is 0 Å². The molecule has 2 aliphatic heterocycles. The molecular formula is C41H38F6N4O8. The molecular weight excluding hydrogens is 790 g/mol. The van der Waals surface area contributed by atoms with E-state index < -0.39 is 74.8 Å². The van der Waals surface area contributed by atoms with Crippen molar-refractivity contribution < 1.29 is 64.5 Å². The third-order valence-electron chi connectivity index (χ3n) is 9.69. The molecule has 312 valence electrons. The van der Waals surface area contributed by atoms with Crippen LogP contribution in [0.3, 0.4) is 0 Å². The molecule has 2 aliphatic rings. The van der Waals surface area contributed by atoms with Crippen LogP contribution in [0.2, 0.25) is 0 Å². The number of carbonyl (C=O) groups excluding carboxylic acids is 4. The molecule has 4 aromatic carbocycles. The van der Waals surface area contributed by atoms with Crippen molar-refractivity contribution in [3.05, 3.63) is 94.0 Å². The van der Waals surface area contributed by atoms with Gasteiger partial charge in [0, 0.05) is 0 Å². The molecule has 59 heavy (non-hydrogen) atoms. The zero-order valence-electron chi connectivity index (χ0n) is 32.1. The van der Waals surface area contributed by atoms with Crippen LogP contribution >= 0.6 is 0 Å². The summed E-state index contributed by atoms with van der Waals surface area (Å²) < 4.78 is 116. The highest BCUT2D eigenvalue weighted by atomic mass is 19.4. The first-order valence-corrected chi connectivity index (χ1v) is 18.5. The zero-order chi connectivity index (χ0) is 43.2. The second-order valence-corrected chi connectivity index (χ2v) is 13.4. The van der Waals surface area contributed by atoms with E-state index in [4.69, 9.17) is 30.4 Å². The van der Waals surface area contributed by atoms with E-state index in [1.54, 1.807) is 27.7 Å². The van der Waals surface area contributed by atoms with E-state index in [0.29, 0.717) is 59.0 Å². The Morgan fingerprint density at radius 3 is 1.17 bits per heavy atom. The van der Waals surface area contributed by atoms with E-state index >= 15 is 26.3 Å². The Kier molecular flexibility index (Phi) is 11.2. The fourth-order valence-corrected chi connectivity index (χ4v) is 7.13. The molecule has 4 aromatic rings. The van der Waals surface area contributed by atoms with Crippen molar-refractivity contribution in [1.82, 2.24) is 0 Å². The number of nitrogens with zero attached hydrogens (tertiary/aromatic N) is 2. The van der Waals surface area contributed by atoms with Gasteiger partial charge in [0.1, 0.15) is 0 Å². The monoisotopic (exact) mass is 828 g/mol. The van der Waals surface area contributed by atoms with Crippen LogP contribution in [0.15, 0.2) is 60.7 Å². The molecule has 2 heterocycles. The second-order valence-electron chi connectivity index (χ2n) is 13.4. The molecule has 0 radical (unpaired) electrons. The Morgan fingerprint density at radius 2 is 0.847 bits per heavy atom. The second kappa shape index (κ2) is 15.7. The van der Waals surface area contributed by atoms with Gasteiger partial charge in [0.2, 0.25) is 5.41 Å². The molecule has 18 heteroatoms. The molecule has 0 saturated heterocycles. The summed E-state index contributed by atoms with van der Waals surface area (Å²) in [5.41, 5.74) is 1.52. The maximum absolute atomic E-state index is 15.5. The van der Waals surface area contributed by atoms with Gasteiger partial charge in [0.15, 0.2) is 23.0 Å². The van der Waals surface area contributed by atoms with Crippen molar-refractivity contribution >= 4 is 46.4 Å². The number of rotatable bonds is 14. The predicted octanol–water partition coefficient (Wildman–Crippen LogP) is 8.24. The summed E-state index contributed by atoms with van der Waals surface area (Å²) >= 11 is 0. The van der Waals surface area contributed by atoms with E-state index in [9.17, 15) is 19.2 Å². The highest BCUT2D eigenvalue weighted by Crippen LogP contribution is 2.57. The Bertz CT molecular complexity index is 2200. The van der Waals surface area contributed by atoms with Crippen LogP contribution in [0.1, 0.15) is 93.1 Å². The van der Waals surface area contributed by atoms with Crippen LogP contribution in [0.25, 0.3) is 0 Å². The van der Waals surface area contributed by atoms with E-state index in [0.717, 1.165) is 0 Å². The van der Waals surface area contributed by atoms with Gasteiger partial charge >= 0.3 is 12.4 Å². The maximum atomic E-state index is 15.5. The van der Waals surface area contributed by atoms with Gasteiger partial charge < -0.3 is 30.4 Å². The molecule has 0 unspecified atom stereocenters. The Morgan fingerprint density at radius 1 is 0.492 bits per heavy atom. The lowest BCUT2D eigenvalue weighted by Gasteiger charge is -2.38. The number of amides is 4. The van der Waals surface area contributed by atoms with Crippen molar-refractivity contribution in [1.29, 1.82) is 0 Å². The minimum absolute atomic E-state index is 0.000645. The van der Waals surface area contributed by atoms with E-state index in [-0.39, 0.29) is 72.2 Å². The molecule has 4 amide bonds. The normalized spacial score (nSPS) is 14.2. The number of nitrogens with two attached hydrogens (primary N) is 2. The third kappa shape index (κ3) is 6.69. The minimum Gasteiger partial charge on any atom is -0.488 e. The molecule has 4 N–H and O–H groups in total. The number of halogens is 6. The SMILES string of the molecule is CCCOc1c(N)ccc(N2C(=O)c3ccc(C(c4ccc5c(c4)C(=O)N(c4ccc(N)c(OCCC)c4OCC)C5=O)(C(F)(F)F)C(F)(F)F)cc3C2=O)c1OCC. The Labute approximate surface area is 333 Å². The summed E-state index contributed by atoms with van der Waals surface area (Å²) in [6.07, 6.45) is -11.3. The minimum atomic E-state index is -6.18. The van der Waals surface area contributed by atoms with Gasteiger partial charge in [-0.05, 0) is 86.3 Å². The summed E-state index contributed by atoms with van der Waals surface area (Å²) in [7, 11) is 0. The highest BCUT2D eigenvalue weighted by Gasteiger charge is 2.73. The van der Waals surface area contributed by atoms with Gasteiger partial charge in [-0.1, -0.05) is 26.0 Å². The standard InChI is InChI=1S/C41H38F6N4O8/c1-5-17-58-31-27(48)13-15-29(33(31)56-7-3)50-35(52)23-11-9-21(19-25(23)37(50)54)39(40(42,43)44,41(45,46)47)22-10-12-24-26(20-22)38(55)51(36(24)53)30-16-14-28(49)32(59-18-6-2)34(30)57-8-4/h9-16,19-20H,5-8,17-18,48-49H2,1-4H3. The van der Waals surface area contributed by atoms with Crippen molar-refractivity contribution in [2.75, 3.05) is 47.7 Å². The van der Waals surface area contributed by atoms with Gasteiger partial charge in [-0.25, -0.2) is 9.80 Å². The molecule has 0 aromatic heterocycles. The predicted molar refractivity (Wildman–Crippen MR) is 204 cm³/mol. The molecule has 0 aliphatic carbocycles. The topological polar surface area (TPSA) is 164 Å². The number of nitrogen functional groups attached to an aromatic ring is 2. The van der Waals surface area contributed by atoms with Crippen LogP contribution in [0.5, 0.6) is 23.0 Å². The van der Waals surface area contributed by atoms with Gasteiger partial charge in [0.05, 0.1) is 71.4 Å². The highest BCUT2D eigenvalue weighted by molar-refractivity contribution is 6.36. The lowest BCUT2D eigenvalue weighted by atomic mass is 9.71. The van der Waals surface area contributed by atoms with Crippen molar-refractivity contribution in [2.45, 2.75) is 58.3 Å². The number of hydrogen-bond donors (Lipinski definition) is 2. The number of alkyl halides is 6. The first-order chi connectivity index (χ1) is 27.9. The Hall–Kier alpha value is -6.46. The summed E-state index contributed by atoms with van der Waals surface area (Å²) in [5.74, 6) is -4.94. The third-order valence-corrected chi connectivity index (χ3v) is 9.69. The van der Waals surface area contributed by atoms with E-state index in [1.165, 1.54) is 24.3 Å². The average Bonchev–Trinajstić information content (AvgIpc) is 3.57. The number of benzene rings is 4. The molecule has 0 bridgehead atoms. The summed E-state index contributed by atoms with van der Waals surface area (Å²) in [4.78, 5) is 56.5. The smallest absolute Gasteiger partial charge is 0.411 e. The average molecular weight is 829 g/mol. The number of carbonyl (C=O) groups is 4. The van der Waals surface area contributed by atoms with Gasteiger partial charge in [0.25, 0.3) is 23.6 Å². The van der Waals surface area contributed by atoms with Gasteiger partial charge in [-0.2, -0.15) is 26.3 Å². The van der Waals surface area contributed by atoms with Gasteiger partial charge in [-0.3, -0.25) is 19.2 Å². The lowest BCUT2D eigenvalue weighted by Crippen LogP contribution is -2.55. The van der Waals surface area contributed by atoms with Gasteiger partial charge in [-0.15, -0.1) is 0 Å². The molecule has 12 nitrogen and oxygen atoms in total. The Balaban J connectivity index is 1.49. The quantitative estimate of drug-likeness (QED) is 0.0719. The fraction of sp³-hybridized carbons (Fsp3) is 0.317. The molecule has 0 saturated carbocycles. The van der Waals surface area contributed by atoms with Crippen LogP contribution < -0.4 is 40.2 Å². The van der Waals surface area contributed by atoms with E-state index in [1.807, 2.05) is 0 Å². The largest absolute Gasteiger partial charge is 0.488 e. The zero-order valence-corrected chi connectivity index (χ0v) is 32.1. The number of hydrogen-bond acceptors (Lipinski definition) is 10. The number of ether oxygens (including phenoxy) is 4. The summed E-state index contributed by atoms with van der Waals surface area (Å²) in [6.45, 7) is 7.10. The first-order valence-electron chi connectivity index (χ1n) is 18.5. The van der Waals surface area contributed by atoms with Crippen LogP contribution in [-0.2, 0) is 5.41 Å². The van der Waals surface area contributed by atoms with Crippen LogP contribution in [0.4, 0.5) is 49.1 Å². The molecule has 0 fully saturated rings. The summed E-state index contributed by atoms with van der Waals surface area (Å²) in [6, 6.07) is 8.10. The molecule has 6 rings (SSSR count). The number of fused-ring (bicyclic) bond motifs is 2. The fourth-order valence-electron chi connectivity index (χ4n) is 7.13. The van der Waals surface area contributed by atoms with Crippen LogP contribution in [0, 0.1) is 0 Å². The van der Waals surface area contributed by atoms with Crippen LogP contribution in [-0.4, -0.2) is 62.4 Å². The maximum Gasteiger partial charge on any atom is 0.411 e. The molecule has 0 atom stereocenters. The van der Waals surface area contributed by atoms with Crippen molar-refractivity contribution in [3.63, 3.8) is 0 Å². The summed E-state index contributed by atoms with van der Waals surface area (Å²) in [5, 5.41) is 0. The van der Waals surface area contributed by atoms with Crippen molar-refractivity contribution in [2.24, 2.45) is 0 Å². The molecule has 0 spiro atoms.